The largest absolute Gasteiger partial charge is 0.372 e. The smallest absolute Gasteiger partial charge is 0.198 e. The fourth-order valence-corrected chi connectivity index (χ4v) is 6.56. The number of ether oxygens (including phenoxy) is 1. The van der Waals surface area contributed by atoms with Gasteiger partial charge in [0.25, 0.3) is 0 Å². The highest BCUT2D eigenvalue weighted by Crippen LogP contribution is 2.40. The van der Waals surface area contributed by atoms with Crippen molar-refractivity contribution >= 4 is 68.1 Å². The number of aromatic nitrogens is 4. The van der Waals surface area contributed by atoms with E-state index >= 15 is 0 Å². The Morgan fingerprint density at radius 1 is 1.28 bits per heavy atom. The van der Waals surface area contributed by atoms with Crippen LogP contribution in [-0.2, 0) is 17.8 Å². The number of carbonyl (C=O) groups excluding carboxylic acids is 1. The minimum absolute atomic E-state index is 0.0213. The summed E-state index contributed by atoms with van der Waals surface area (Å²) in [5.41, 5.74) is 2.72. The van der Waals surface area contributed by atoms with Crippen molar-refractivity contribution in [2.24, 2.45) is 5.92 Å². The fourth-order valence-electron chi connectivity index (χ4n) is 3.83. The van der Waals surface area contributed by atoms with Gasteiger partial charge in [-0.05, 0) is 42.0 Å². The van der Waals surface area contributed by atoms with E-state index in [2.05, 4.69) is 24.0 Å². The molecule has 0 saturated carbocycles. The second-order valence-electron chi connectivity index (χ2n) is 7.94. The molecule has 10 heteroatoms. The van der Waals surface area contributed by atoms with Crippen LogP contribution < -0.4 is 0 Å². The monoisotopic (exact) mass is 504 g/mol. The second-order valence-corrected chi connectivity index (χ2v) is 11.2. The van der Waals surface area contributed by atoms with Crippen LogP contribution >= 0.6 is 46.5 Å². The average Bonchev–Trinajstić information content (AvgIpc) is 3.37. The van der Waals surface area contributed by atoms with Gasteiger partial charge in [0.15, 0.2) is 21.7 Å². The predicted molar refractivity (Wildman–Crippen MR) is 132 cm³/mol. The first-order chi connectivity index (χ1) is 15.5. The van der Waals surface area contributed by atoms with Crippen LogP contribution in [0.4, 0.5) is 0 Å². The first-order valence-corrected chi connectivity index (χ1v) is 13.6. The normalized spacial score (nSPS) is 16.2. The standard InChI is InChI=1S/C22H21ClN4O2S3/c1-11(2)16-8-14-17(9-29-16)32-20-18(14)19-25-26-22(27(19)21(24-20)30-3)31-10-15(28)12-4-6-13(23)7-5-12/h4-7,11,16H,8-10H2,1-3H3/t16-/m0/s1. The highest BCUT2D eigenvalue weighted by atomic mass is 35.5. The topological polar surface area (TPSA) is 69.4 Å². The molecular formula is C22H21ClN4O2S3. The minimum atomic E-state index is 0.0213. The summed E-state index contributed by atoms with van der Waals surface area (Å²) in [6.45, 7) is 4.99. The van der Waals surface area contributed by atoms with Crippen molar-refractivity contribution < 1.29 is 9.53 Å². The van der Waals surface area contributed by atoms with Gasteiger partial charge < -0.3 is 4.74 Å². The van der Waals surface area contributed by atoms with E-state index in [1.54, 1.807) is 47.4 Å². The number of rotatable bonds is 6. The third kappa shape index (κ3) is 3.94. The minimum Gasteiger partial charge on any atom is -0.372 e. The Morgan fingerprint density at radius 3 is 2.78 bits per heavy atom. The van der Waals surface area contributed by atoms with Gasteiger partial charge >= 0.3 is 0 Å². The van der Waals surface area contributed by atoms with E-state index in [0.717, 1.165) is 27.4 Å². The molecule has 32 heavy (non-hydrogen) atoms. The number of halogens is 1. The van der Waals surface area contributed by atoms with Crippen LogP contribution in [0.2, 0.25) is 5.02 Å². The van der Waals surface area contributed by atoms with Crippen molar-refractivity contribution in [3.63, 3.8) is 0 Å². The maximum atomic E-state index is 12.6. The summed E-state index contributed by atoms with van der Waals surface area (Å²) in [7, 11) is 0. The average molecular weight is 505 g/mol. The van der Waals surface area contributed by atoms with Gasteiger partial charge in [0, 0.05) is 21.9 Å². The highest BCUT2D eigenvalue weighted by molar-refractivity contribution is 8.00. The Kier molecular flexibility index (Phi) is 6.19. The molecule has 0 amide bonds. The molecule has 166 valence electrons. The number of fused-ring (bicyclic) bond motifs is 5. The summed E-state index contributed by atoms with van der Waals surface area (Å²) >= 11 is 10.5. The molecule has 3 aromatic heterocycles. The Bertz CT molecular complexity index is 1320. The molecule has 4 aromatic rings. The van der Waals surface area contributed by atoms with Crippen LogP contribution in [0.25, 0.3) is 15.9 Å². The van der Waals surface area contributed by atoms with Crippen LogP contribution in [0.5, 0.6) is 0 Å². The van der Waals surface area contributed by atoms with Crippen LogP contribution in [-0.4, -0.2) is 43.5 Å². The fraction of sp³-hybridized carbons (Fsp3) is 0.364. The maximum Gasteiger partial charge on any atom is 0.198 e. The zero-order valence-electron chi connectivity index (χ0n) is 17.8. The van der Waals surface area contributed by atoms with Crippen molar-refractivity contribution in [2.45, 2.75) is 43.3 Å². The van der Waals surface area contributed by atoms with Gasteiger partial charge in [0.1, 0.15) is 4.83 Å². The van der Waals surface area contributed by atoms with E-state index in [9.17, 15) is 4.79 Å². The van der Waals surface area contributed by atoms with Gasteiger partial charge in [-0.1, -0.05) is 49.0 Å². The Morgan fingerprint density at radius 2 is 2.06 bits per heavy atom. The van der Waals surface area contributed by atoms with Crippen molar-refractivity contribution in [2.75, 3.05) is 12.0 Å². The van der Waals surface area contributed by atoms with E-state index < -0.39 is 0 Å². The summed E-state index contributed by atoms with van der Waals surface area (Å²) in [6, 6.07) is 6.95. The van der Waals surface area contributed by atoms with Crippen molar-refractivity contribution in [3.8, 4) is 0 Å². The van der Waals surface area contributed by atoms with Gasteiger partial charge in [-0.25, -0.2) is 9.38 Å². The molecule has 4 heterocycles. The van der Waals surface area contributed by atoms with Gasteiger partial charge in [-0.15, -0.1) is 21.5 Å². The zero-order valence-corrected chi connectivity index (χ0v) is 21.0. The number of thioether (sulfide) groups is 2. The van der Waals surface area contributed by atoms with E-state index in [1.165, 1.54) is 22.2 Å². The molecule has 1 atom stereocenters. The summed E-state index contributed by atoms with van der Waals surface area (Å²) in [5.74, 6) is 0.725. The number of benzene rings is 1. The molecule has 5 rings (SSSR count). The number of thiophene rings is 1. The van der Waals surface area contributed by atoms with E-state index in [1.807, 2.05) is 10.7 Å². The van der Waals surface area contributed by atoms with Gasteiger partial charge in [0.2, 0.25) is 0 Å². The lowest BCUT2D eigenvalue weighted by Crippen LogP contribution is -2.26. The van der Waals surface area contributed by atoms with E-state index in [-0.39, 0.29) is 17.6 Å². The van der Waals surface area contributed by atoms with Gasteiger partial charge in [0.05, 0.1) is 23.8 Å². The van der Waals surface area contributed by atoms with Crippen molar-refractivity contribution in [1.29, 1.82) is 0 Å². The molecule has 0 saturated heterocycles. The first kappa shape index (κ1) is 22.2. The molecule has 0 spiro atoms. The molecule has 0 radical (unpaired) electrons. The maximum absolute atomic E-state index is 12.6. The molecule has 1 aliphatic rings. The Hall–Kier alpha value is -1.65. The number of ketones is 1. The summed E-state index contributed by atoms with van der Waals surface area (Å²) in [4.78, 5) is 19.8. The molecule has 0 N–H and O–H groups in total. The molecule has 1 aliphatic heterocycles. The third-order valence-corrected chi connectivity index (χ3v) is 8.50. The molecule has 1 aromatic carbocycles. The summed E-state index contributed by atoms with van der Waals surface area (Å²) < 4.78 is 8.05. The number of hydrogen-bond donors (Lipinski definition) is 0. The van der Waals surface area contributed by atoms with Crippen LogP contribution in [0.15, 0.2) is 34.6 Å². The third-order valence-electron chi connectivity index (χ3n) is 5.58. The lowest BCUT2D eigenvalue weighted by Gasteiger charge is -2.26. The number of carbonyl (C=O) groups is 1. The number of hydrogen-bond acceptors (Lipinski definition) is 8. The molecule has 0 aliphatic carbocycles. The van der Waals surface area contributed by atoms with Gasteiger partial charge in [-0.3, -0.25) is 4.79 Å². The van der Waals surface area contributed by atoms with Gasteiger partial charge in [-0.2, -0.15) is 0 Å². The molecule has 0 fully saturated rings. The quantitative estimate of drug-likeness (QED) is 0.187. The molecule has 0 unspecified atom stereocenters. The second kappa shape index (κ2) is 8.95. The Balaban J connectivity index is 1.52. The number of nitrogens with zero attached hydrogens (tertiary/aromatic N) is 4. The molecular weight excluding hydrogens is 484 g/mol. The van der Waals surface area contributed by atoms with Crippen LogP contribution in [0.1, 0.15) is 34.6 Å². The van der Waals surface area contributed by atoms with E-state index in [4.69, 9.17) is 21.3 Å². The Labute approximate surface area is 203 Å². The molecule has 6 nitrogen and oxygen atoms in total. The summed E-state index contributed by atoms with van der Waals surface area (Å²) in [5, 5.41) is 12.2. The lowest BCUT2D eigenvalue weighted by atomic mass is 9.96. The summed E-state index contributed by atoms with van der Waals surface area (Å²) in [6.07, 6.45) is 3.04. The highest BCUT2D eigenvalue weighted by Gasteiger charge is 2.29. The van der Waals surface area contributed by atoms with Crippen LogP contribution in [0, 0.1) is 5.92 Å². The SMILES string of the molecule is CSc1nc2sc3c(c2c2nnc(SCC(=O)c4ccc(Cl)cc4)n12)C[C@@H](C(C)C)OC3. The zero-order chi connectivity index (χ0) is 22.4. The van der Waals surface area contributed by atoms with Crippen molar-refractivity contribution in [1.82, 2.24) is 19.6 Å². The number of Topliss-reactive ketones (excluding diaryl/α,β-unsaturated/α-hetero) is 1. The lowest BCUT2D eigenvalue weighted by molar-refractivity contribution is 0.00203. The van der Waals surface area contributed by atoms with E-state index in [0.29, 0.717) is 28.3 Å². The predicted octanol–water partition coefficient (Wildman–Crippen LogP) is 5.79. The first-order valence-electron chi connectivity index (χ1n) is 10.2. The van der Waals surface area contributed by atoms with Crippen LogP contribution in [0.3, 0.4) is 0 Å². The molecule has 0 bridgehead atoms. The van der Waals surface area contributed by atoms with Crippen molar-refractivity contribution in [3.05, 3.63) is 45.3 Å².